The van der Waals surface area contributed by atoms with E-state index in [9.17, 15) is 9.90 Å². The number of aliphatic hydroxyl groups excluding tert-OH is 1. The molecule has 4 rings (SSSR count). The van der Waals surface area contributed by atoms with Crippen LogP contribution < -0.4 is 0 Å². The molecular weight excluding hydrogens is 284 g/mol. The summed E-state index contributed by atoms with van der Waals surface area (Å²) >= 11 is 0. The smallest absolute Gasteiger partial charge is 0.133 e. The number of hydrogen-bond donors (Lipinski definition) is 1. The van der Waals surface area contributed by atoms with Crippen LogP contribution in [0.25, 0.3) is 0 Å². The Labute approximate surface area is 141 Å². The summed E-state index contributed by atoms with van der Waals surface area (Å²) in [5.74, 6) is 3.21. The fraction of sp³-hybridized carbons (Fsp3) is 0.952. The molecule has 0 aromatic rings. The van der Waals surface area contributed by atoms with E-state index in [0.29, 0.717) is 29.0 Å². The minimum absolute atomic E-state index is 0.0598. The van der Waals surface area contributed by atoms with Gasteiger partial charge >= 0.3 is 0 Å². The standard InChI is InChI=1S/C21H34O2/c1-13(22)16-9-10-17-15-8-7-14-6-4-5-11-20(14,2)19(15)18(23)12-21(16,17)3/h14-19,23H,4-12H2,1-3H3/t14-,15+,16-,17+,18-,19-,20+,21-/m1/s1. The number of fused-ring (bicyclic) bond motifs is 5. The summed E-state index contributed by atoms with van der Waals surface area (Å²) in [6.45, 7) is 6.60. The van der Waals surface area contributed by atoms with Crippen LogP contribution in [0, 0.1) is 40.4 Å². The number of Topliss-reactive ketones (excluding diaryl/α,β-unsaturated/α-hetero) is 1. The molecule has 0 bridgehead atoms. The van der Waals surface area contributed by atoms with Crippen molar-refractivity contribution in [3.05, 3.63) is 0 Å². The van der Waals surface area contributed by atoms with Crippen LogP contribution in [-0.2, 0) is 4.79 Å². The van der Waals surface area contributed by atoms with Crippen LogP contribution in [0.1, 0.15) is 78.6 Å². The van der Waals surface area contributed by atoms with Crippen molar-refractivity contribution in [2.24, 2.45) is 40.4 Å². The van der Waals surface area contributed by atoms with Crippen molar-refractivity contribution < 1.29 is 9.90 Å². The Morgan fingerprint density at radius 2 is 1.78 bits per heavy atom. The van der Waals surface area contributed by atoms with Crippen LogP contribution in [0.5, 0.6) is 0 Å². The third-order valence-electron chi connectivity index (χ3n) is 9.00. The van der Waals surface area contributed by atoms with Gasteiger partial charge in [-0.25, -0.2) is 0 Å². The van der Waals surface area contributed by atoms with Gasteiger partial charge in [0.2, 0.25) is 0 Å². The second-order valence-electron chi connectivity index (χ2n) is 9.84. The number of aliphatic hydroxyl groups is 1. The molecule has 0 amide bonds. The van der Waals surface area contributed by atoms with Crippen molar-refractivity contribution in [3.8, 4) is 0 Å². The van der Waals surface area contributed by atoms with Gasteiger partial charge in [-0.1, -0.05) is 26.7 Å². The van der Waals surface area contributed by atoms with Crippen molar-refractivity contribution in [2.75, 3.05) is 0 Å². The fourth-order valence-electron chi connectivity index (χ4n) is 8.09. The Hall–Kier alpha value is -0.370. The highest BCUT2D eigenvalue weighted by atomic mass is 16.3. The Morgan fingerprint density at radius 1 is 1.00 bits per heavy atom. The summed E-state index contributed by atoms with van der Waals surface area (Å²) < 4.78 is 0. The van der Waals surface area contributed by atoms with E-state index in [1.165, 1.54) is 44.9 Å². The molecule has 0 heterocycles. The van der Waals surface area contributed by atoms with E-state index in [0.717, 1.165) is 18.8 Å². The van der Waals surface area contributed by atoms with Gasteiger partial charge < -0.3 is 5.11 Å². The molecule has 4 saturated carbocycles. The Balaban J connectivity index is 1.69. The van der Waals surface area contributed by atoms with Crippen LogP contribution in [-0.4, -0.2) is 17.0 Å². The first-order valence-corrected chi connectivity index (χ1v) is 10.1. The maximum Gasteiger partial charge on any atom is 0.133 e. The van der Waals surface area contributed by atoms with E-state index in [2.05, 4.69) is 13.8 Å². The van der Waals surface area contributed by atoms with Gasteiger partial charge in [0.25, 0.3) is 0 Å². The third kappa shape index (κ3) is 2.12. The van der Waals surface area contributed by atoms with Gasteiger partial charge in [0.05, 0.1) is 6.10 Å². The van der Waals surface area contributed by atoms with Gasteiger partial charge in [0.15, 0.2) is 0 Å². The van der Waals surface area contributed by atoms with E-state index in [4.69, 9.17) is 0 Å². The lowest BCUT2D eigenvalue weighted by Gasteiger charge is -2.62. The van der Waals surface area contributed by atoms with Crippen LogP contribution >= 0.6 is 0 Å². The van der Waals surface area contributed by atoms with Gasteiger partial charge in [-0.15, -0.1) is 0 Å². The highest BCUT2D eigenvalue weighted by molar-refractivity contribution is 5.79. The van der Waals surface area contributed by atoms with Gasteiger partial charge in [-0.05, 0) is 86.4 Å². The molecule has 0 radical (unpaired) electrons. The van der Waals surface area contributed by atoms with Crippen molar-refractivity contribution in [3.63, 3.8) is 0 Å². The highest BCUT2D eigenvalue weighted by Gasteiger charge is 2.63. The molecule has 0 aromatic heterocycles. The molecule has 0 saturated heterocycles. The number of ketones is 1. The lowest BCUT2D eigenvalue weighted by molar-refractivity contribution is -0.170. The van der Waals surface area contributed by atoms with E-state index < -0.39 is 0 Å². The minimum Gasteiger partial charge on any atom is -0.393 e. The summed E-state index contributed by atoms with van der Waals surface area (Å²) in [5.41, 5.74) is 0.417. The van der Waals surface area contributed by atoms with E-state index >= 15 is 0 Å². The maximum absolute atomic E-state index is 12.2. The van der Waals surface area contributed by atoms with Crippen LogP contribution in [0.3, 0.4) is 0 Å². The predicted molar refractivity (Wildman–Crippen MR) is 91.9 cm³/mol. The molecule has 23 heavy (non-hydrogen) atoms. The quantitative estimate of drug-likeness (QED) is 0.767. The number of hydrogen-bond acceptors (Lipinski definition) is 2. The second-order valence-corrected chi connectivity index (χ2v) is 9.84. The lowest BCUT2D eigenvalue weighted by atomic mass is 9.44. The molecule has 130 valence electrons. The van der Waals surface area contributed by atoms with E-state index in [-0.39, 0.29) is 17.4 Å². The normalized spacial score (nSPS) is 55.7. The number of carbonyl (C=O) groups is 1. The average molecular weight is 319 g/mol. The molecular formula is C21H34O2. The molecule has 4 aliphatic carbocycles. The van der Waals surface area contributed by atoms with Crippen LogP contribution in [0.4, 0.5) is 0 Å². The highest BCUT2D eigenvalue weighted by Crippen LogP contribution is 2.67. The molecule has 4 fully saturated rings. The van der Waals surface area contributed by atoms with Crippen molar-refractivity contribution in [1.82, 2.24) is 0 Å². The van der Waals surface area contributed by atoms with E-state index in [1.807, 2.05) is 0 Å². The summed E-state index contributed by atoms with van der Waals surface area (Å²) in [4.78, 5) is 12.2. The number of rotatable bonds is 1. The summed E-state index contributed by atoms with van der Waals surface area (Å²) in [6.07, 6.45) is 11.1. The Bertz CT molecular complexity index is 500. The molecule has 0 spiro atoms. The van der Waals surface area contributed by atoms with Gasteiger partial charge in [0.1, 0.15) is 5.78 Å². The Morgan fingerprint density at radius 3 is 2.52 bits per heavy atom. The van der Waals surface area contributed by atoms with Gasteiger partial charge in [-0.2, -0.15) is 0 Å². The maximum atomic E-state index is 12.2. The topological polar surface area (TPSA) is 37.3 Å². The largest absolute Gasteiger partial charge is 0.393 e. The lowest BCUT2D eigenvalue weighted by Crippen LogP contribution is -2.58. The zero-order valence-electron chi connectivity index (χ0n) is 15.2. The first-order chi connectivity index (χ1) is 10.9. The minimum atomic E-state index is -0.188. The molecule has 0 aromatic carbocycles. The first-order valence-electron chi connectivity index (χ1n) is 10.1. The molecule has 2 nitrogen and oxygen atoms in total. The van der Waals surface area contributed by atoms with Gasteiger partial charge in [0, 0.05) is 5.92 Å². The fourth-order valence-corrected chi connectivity index (χ4v) is 8.09. The second kappa shape index (κ2) is 5.31. The van der Waals surface area contributed by atoms with Gasteiger partial charge in [-0.3, -0.25) is 4.79 Å². The Kier molecular flexibility index (Phi) is 3.72. The van der Waals surface area contributed by atoms with Crippen LogP contribution in [0.15, 0.2) is 0 Å². The monoisotopic (exact) mass is 318 g/mol. The molecule has 1 N–H and O–H groups in total. The average Bonchev–Trinajstić information content (AvgIpc) is 2.82. The summed E-state index contributed by atoms with van der Waals surface area (Å²) in [5, 5.41) is 11.2. The molecule has 0 aliphatic heterocycles. The molecule has 0 unspecified atom stereocenters. The third-order valence-corrected chi connectivity index (χ3v) is 9.00. The van der Waals surface area contributed by atoms with Crippen molar-refractivity contribution in [1.29, 1.82) is 0 Å². The zero-order chi connectivity index (χ0) is 16.4. The van der Waals surface area contributed by atoms with Crippen LogP contribution in [0.2, 0.25) is 0 Å². The summed E-state index contributed by atoms with van der Waals surface area (Å²) in [6, 6.07) is 0. The SMILES string of the molecule is CC(=O)[C@H]1CC[C@H]2[C@@H]3CC[C@H]4CCCC[C@]4(C)[C@H]3[C@H](O)C[C@]12C. The first kappa shape index (κ1) is 16.1. The van der Waals surface area contributed by atoms with Crippen molar-refractivity contribution in [2.45, 2.75) is 84.7 Å². The number of carbonyl (C=O) groups excluding carboxylic acids is 1. The summed E-state index contributed by atoms with van der Waals surface area (Å²) in [7, 11) is 0. The molecule has 4 aliphatic rings. The zero-order valence-corrected chi connectivity index (χ0v) is 15.2. The van der Waals surface area contributed by atoms with Crippen molar-refractivity contribution >= 4 is 5.78 Å². The van der Waals surface area contributed by atoms with E-state index in [1.54, 1.807) is 6.92 Å². The molecule has 2 heteroatoms. The predicted octanol–water partition coefficient (Wildman–Crippen LogP) is 4.60. The molecule has 8 atom stereocenters.